The molecule has 1 saturated heterocycles. The van der Waals surface area contributed by atoms with Crippen LogP contribution >= 0.6 is 0 Å². The van der Waals surface area contributed by atoms with Crippen molar-refractivity contribution in [3.8, 4) is 5.75 Å². The van der Waals surface area contributed by atoms with Gasteiger partial charge in [-0.1, -0.05) is 30.3 Å². The highest BCUT2D eigenvalue weighted by Crippen LogP contribution is 2.19. The smallest absolute Gasteiger partial charge is 0.251 e. The third-order valence-electron chi connectivity index (χ3n) is 4.89. The molecule has 3 rings (SSSR count). The molecule has 2 amide bonds. The van der Waals surface area contributed by atoms with Gasteiger partial charge in [-0.2, -0.15) is 0 Å². The van der Waals surface area contributed by atoms with Gasteiger partial charge in [0, 0.05) is 38.0 Å². The molecule has 148 valence electrons. The van der Waals surface area contributed by atoms with E-state index >= 15 is 0 Å². The molecule has 0 spiro atoms. The number of hydrogen-bond donors (Lipinski definition) is 2. The summed E-state index contributed by atoms with van der Waals surface area (Å²) in [4.78, 5) is 25.4. The Morgan fingerprint density at radius 2 is 1.71 bits per heavy atom. The van der Waals surface area contributed by atoms with Crippen molar-refractivity contribution in [2.75, 3.05) is 26.2 Å². The van der Waals surface area contributed by atoms with E-state index in [9.17, 15) is 9.59 Å². The summed E-state index contributed by atoms with van der Waals surface area (Å²) in [6.07, 6.45) is 2.29. The lowest BCUT2D eigenvalue weighted by atomic mass is 10.1. The Morgan fingerprint density at radius 3 is 2.36 bits per heavy atom. The zero-order valence-electron chi connectivity index (χ0n) is 15.8. The molecular weight excluding hydrogens is 356 g/mol. The zero-order chi connectivity index (χ0) is 19.8. The van der Waals surface area contributed by atoms with Gasteiger partial charge < -0.3 is 20.1 Å². The van der Waals surface area contributed by atoms with Crippen molar-refractivity contribution in [3.63, 3.8) is 0 Å². The van der Waals surface area contributed by atoms with E-state index in [4.69, 9.17) is 9.84 Å². The van der Waals surface area contributed by atoms with Gasteiger partial charge in [0.2, 0.25) is 5.91 Å². The minimum absolute atomic E-state index is 0.0355. The fourth-order valence-corrected chi connectivity index (χ4v) is 3.27. The predicted molar refractivity (Wildman–Crippen MR) is 106 cm³/mol. The number of benzene rings is 2. The summed E-state index contributed by atoms with van der Waals surface area (Å²) in [5, 5.41) is 11.8. The molecule has 1 fully saturated rings. The number of ether oxygens (including phenoxy) is 1. The molecule has 0 bridgehead atoms. The van der Waals surface area contributed by atoms with E-state index in [2.05, 4.69) is 5.32 Å². The zero-order valence-corrected chi connectivity index (χ0v) is 15.8. The van der Waals surface area contributed by atoms with Crippen molar-refractivity contribution in [1.82, 2.24) is 10.2 Å². The molecule has 6 heteroatoms. The van der Waals surface area contributed by atoms with E-state index in [1.54, 1.807) is 29.2 Å². The van der Waals surface area contributed by atoms with Crippen molar-refractivity contribution < 1.29 is 19.4 Å². The van der Waals surface area contributed by atoms with Crippen LogP contribution in [0.5, 0.6) is 5.75 Å². The number of carbonyl (C=O) groups excluding carboxylic acids is 2. The average Bonchev–Trinajstić information content (AvgIpc) is 2.75. The standard InChI is InChI=1S/C22H26N2O4/c25-16-21(26)24-14-11-20(12-15-24)28-19-8-6-18(7-9-19)22(27)23-13-10-17-4-2-1-3-5-17/h1-9,20,25H,10-16H2,(H,23,27). The molecule has 2 aromatic rings. The second-order valence-corrected chi connectivity index (χ2v) is 6.87. The van der Waals surface area contributed by atoms with Crippen LogP contribution in [0.3, 0.4) is 0 Å². The number of rotatable bonds is 7. The monoisotopic (exact) mass is 382 g/mol. The SMILES string of the molecule is O=C(NCCc1ccccc1)c1ccc(OC2CCN(C(=O)CO)CC2)cc1. The molecule has 1 aliphatic rings. The first kappa shape index (κ1) is 19.9. The van der Waals surface area contributed by atoms with Gasteiger partial charge in [-0.15, -0.1) is 0 Å². The Kier molecular flexibility index (Phi) is 7.03. The maximum Gasteiger partial charge on any atom is 0.251 e. The number of hydrogen-bond acceptors (Lipinski definition) is 4. The lowest BCUT2D eigenvalue weighted by molar-refractivity contribution is -0.135. The van der Waals surface area contributed by atoms with Crippen molar-refractivity contribution >= 4 is 11.8 Å². The molecular formula is C22H26N2O4. The van der Waals surface area contributed by atoms with E-state index in [1.807, 2.05) is 30.3 Å². The van der Waals surface area contributed by atoms with Gasteiger partial charge in [-0.3, -0.25) is 9.59 Å². The second kappa shape index (κ2) is 9.90. The number of nitrogens with one attached hydrogen (secondary N) is 1. The number of piperidine rings is 1. The summed E-state index contributed by atoms with van der Waals surface area (Å²) in [6.45, 7) is 1.32. The number of likely N-dealkylation sites (tertiary alicyclic amines) is 1. The van der Waals surface area contributed by atoms with Crippen LogP contribution in [0.2, 0.25) is 0 Å². The first-order valence-corrected chi connectivity index (χ1v) is 9.63. The molecule has 2 N–H and O–H groups in total. The van der Waals surface area contributed by atoms with Crippen molar-refractivity contribution in [2.45, 2.75) is 25.4 Å². The lowest BCUT2D eigenvalue weighted by Crippen LogP contribution is -2.42. The molecule has 1 heterocycles. The van der Waals surface area contributed by atoms with Gasteiger partial charge in [0.05, 0.1) is 0 Å². The van der Waals surface area contributed by atoms with Crippen LogP contribution in [0.15, 0.2) is 54.6 Å². The van der Waals surface area contributed by atoms with E-state index in [1.165, 1.54) is 5.56 Å². The molecule has 0 radical (unpaired) electrons. The third kappa shape index (κ3) is 5.57. The summed E-state index contributed by atoms with van der Waals surface area (Å²) in [5.74, 6) is 0.382. The summed E-state index contributed by atoms with van der Waals surface area (Å²) in [5.41, 5.74) is 1.79. The van der Waals surface area contributed by atoms with Crippen LogP contribution in [0.4, 0.5) is 0 Å². The van der Waals surface area contributed by atoms with E-state index in [-0.39, 0.29) is 17.9 Å². The summed E-state index contributed by atoms with van der Waals surface area (Å²) < 4.78 is 5.96. The highest BCUT2D eigenvalue weighted by Gasteiger charge is 2.23. The van der Waals surface area contributed by atoms with E-state index < -0.39 is 6.61 Å². The number of nitrogens with zero attached hydrogens (tertiary/aromatic N) is 1. The predicted octanol–water partition coefficient (Wildman–Crippen LogP) is 2.02. The number of aliphatic hydroxyl groups excluding tert-OH is 1. The third-order valence-corrected chi connectivity index (χ3v) is 4.89. The molecule has 1 aliphatic heterocycles. The largest absolute Gasteiger partial charge is 0.490 e. The number of amides is 2. The van der Waals surface area contributed by atoms with E-state index in [0.717, 1.165) is 19.3 Å². The Balaban J connectivity index is 1.43. The highest BCUT2D eigenvalue weighted by atomic mass is 16.5. The fraction of sp³-hybridized carbons (Fsp3) is 0.364. The summed E-state index contributed by atoms with van der Waals surface area (Å²) in [6, 6.07) is 17.2. The van der Waals surface area contributed by atoms with Crippen LogP contribution in [0, 0.1) is 0 Å². The maximum absolute atomic E-state index is 12.3. The van der Waals surface area contributed by atoms with Gasteiger partial charge >= 0.3 is 0 Å². The van der Waals surface area contributed by atoms with Gasteiger partial charge in [0.1, 0.15) is 18.5 Å². The summed E-state index contributed by atoms with van der Waals surface area (Å²) in [7, 11) is 0. The highest BCUT2D eigenvalue weighted by molar-refractivity contribution is 5.94. The van der Waals surface area contributed by atoms with Crippen LogP contribution in [-0.2, 0) is 11.2 Å². The Labute approximate surface area is 165 Å². The second-order valence-electron chi connectivity index (χ2n) is 6.87. The Morgan fingerprint density at radius 1 is 1.04 bits per heavy atom. The van der Waals surface area contributed by atoms with Crippen LogP contribution in [0.1, 0.15) is 28.8 Å². The van der Waals surface area contributed by atoms with Gasteiger partial charge in [-0.25, -0.2) is 0 Å². The quantitative estimate of drug-likeness (QED) is 0.768. The first-order valence-electron chi connectivity index (χ1n) is 9.63. The summed E-state index contributed by atoms with van der Waals surface area (Å²) >= 11 is 0. The van der Waals surface area contributed by atoms with Gasteiger partial charge in [-0.05, 0) is 36.2 Å². The fourth-order valence-electron chi connectivity index (χ4n) is 3.27. The molecule has 0 saturated carbocycles. The molecule has 28 heavy (non-hydrogen) atoms. The maximum atomic E-state index is 12.3. The topological polar surface area (TPSA) is 78.9 Å². The lowest BCUT2D eigenvalue weighted by Gasteiger charge is -2.31. The molecule has 0 unspecified atom stereocenters. The van der Waals surface area contributed by atoms with Crippen molar-refractivity contribution in [3.05, 3.63) is 65.7 Å². The molecule has 6 nitrogen and oxygen atoms in total. The van der Waals surface area contributed by atoms with Crippen molar-refractivity contribution in [1.29, 1.82) is 0 Å². The van der Waals surface area contributed by atoms with E-state index in [0.29, 0.717) is 30.9 Å². The molecule has 0 aromatic heterocycles. The van der Waals surface area contributed by atoms with Crippen LogP contribution in [0.25, 0.3) is 0 Å². The van der Waals surface area contributed by atoms with Crippen molar-refractivity contribution in [2.24, 2.45) is 0 Å². The normalized spacial score (nSPS) is 14.5. The Hall–Kier alpha value is -2.86. The minimum Gasteiger partial charge on any atom is -0.490 e. The average molecular weight is 382 g/mol. The molecule has 0 atom stereocenters. The molecule has 0 aliphatic carbocycles. The number of aliphatic hydroxyl groups is 1. The molecule has 2 aromatic carbocycles. The Bertz CT molecular complexity index is 769. The first-order chi connectivity index (χ1) is 13.7. The van der Waals surface area contributed by atoms with Gasteiger partial charge in [0.25, 0.3) is 5.91 Å². The van der Waals surface area contributed by atoms with Crippen LogP contribution < -0.4 is 10.1 Å². The van der Waals surface area contributed by atoms with Crippen LogP contribution in [-0.4, -0.2) is 54.2 Å². The van der Waals surface area contributed by atoms with Gasteiger partial charge in [0.15, 0.2) is 0 Å². The number of carbonyl (C=O) groups is 2. The minimum atomic E-state index is -0.444.